The van der Waals surface area contributed by atoms with Crippen LogP contribution in [0.25, 0.3) is 0 Å². The number of carbonyl (C=O) groups excluding carboxylic acids is 1. The zero-order valence-corrected chi connectivity index (χ0v) is 7.76. The van der Waals surface area contributed by atoms with Gasteiger partial charge in [-0.25, -0.2) is 0 Å². The van der Waals surface area contributed by atoms with Crippen molar-refractivity contribution in [2.75, 3.05) is 5.33 Å². The van der Waals surface area contributed by atoms with E-state index in [4.69, 9.17) is 0 Å². The van der Waals surface area contributed by atoms with E-state index in [1.165, 1.54) is 0 Å². The van der Waals surface area contributed by atoms with Crippen molar-refractivity contribution >= 4 is 21.7 Å². The first-order valence-electron chi connectivity index (χ1n) is 3.25. The Hall–Kier alpha value is -0.700. The van der Waals surface area contributed by atoms with Gasteiger partial charge in [0.25, 0.3) is 0 Å². The van der Waals surface area contributed by atoms with Crippen molar-refractivity contribution in [1.29, 1.82) is 0 Å². The molecule has 1 aromatic heterocycles. The van der Waals surface area contributed by atoms with Crippen LogP contribution in [-0.2, 0) is 0 Å². The van der Waals surface area contributed by atoms with Crippen molar-refractivity contribution in [2.45, 2.75) is 6.92 Å². The van der Waals surface area contributed by atoms with Crippen LogP contribution >= 0.6 is 15.9 Å². The number of ketones is 1. The van der Waals surface area contributed by atoms with Crippen LogP contribution in [0.1, 0.15) is 15.9 Å². The number of aromatic nitrogens is 1. The van der Waals surface area contributed by atoms with Crippen molar-refractivity contribution in [3.63, 3.8) is 0 Å². The summed E-state index contributed by atoms with van der Waals surface area (Å²) < 4.78 is 0. The maximum atomic E-state index is 11.1. The van der Waals surface area contributed by atoms with Crippen LogP contribution in [0, 0.1) is 6.92 Å². The number of alkyl halides is 1. The Bertz CT molecular complexity index is 273. The van der Waals surface area contributed by atoms with Crippen LogP contribution in [0.5, 0.6) is 0 Å². The molecular formula is C8H8BrNO. The van der Waals surface area contributed by atoms with Crippen molar-refractivity contribution in [3.8, 4) is 0 Å². The van der Waals surface area contributed by atoms with E-state index >= 15 is 0 Å². The molecule has 11 heavy (non-hydrogen) atoms. The zero-order chi connectivity index (χ0) is 8.27. The minimum Gasteiger partial charge on any atom is -0.293 e. The largest absolute Gasteiger partial charge is 0.293 e. The fourth-order valence-corrected chi connectivity index (χ4v) is 1.11. The summed E-state index contributed by atoms with van der Waals surface area (Å²) in [6, 6.07) is 1.83. The normalized spacial score (nSPS) is 9.64. The lowest BCUT2D eigenvalue weighted by molar-refractivity contribution is 0.102. The van der Waals surface area contributed by atoms with Crippen LogP contribution in [0.15, 0.2) is 18.5 Å². The highest BCUT2D eigenvalue weighted by Gasteiger charge is 2.02. The third-order valence-corrected chi connectivity index (χ3v) is 1.83. The molecule has 0 bridgehead atoms. The van der Waals surface area contributed by atoms with Gasteiger partial charge in [0.1, 0.15) is 0 Å². The van der Waals surface area contributed by atoms with Gasteiger partial charge in [-0.15, -0.1) is 0 Å². The van der Waals surface area contributed by atoms with Gasteiger partial charge in [0.05, 0.1) is 5.33 Å². The van der Waals surface area contributed by atoms with Crippen molar-refractivity contribution in [2.24, 2.45) is 0 Å². The number of nitrogens with zero attached hydrogens (tertiary/aromatic N) is 1. The average molecular weight is 214 g/mol. The summed E-state index contributed by atoms with van der Waals surface area (Å²) in [5, 5.41) is 0.359. The topological polar surface area (TPSA) is 30.0 Å². The van der Waals surface area contributed by atoms with Gasteiger partial charge in [-0.2, -0.15) is 0 Å². The quantitative estimate of drug-likeness (QED) is 0.556. The van der Waals surface area contributed by atoms with Gasteiger partial charge in [-0.3, -0.25) is 9.78 Å². The molecule has 0 radical (unpaired) electrons. The number of carbonyl (C=O) groups is 1. The number of hydrogen-bond donors (Lipinski definition) is 0. The molecule has 0 aliphatic heterocycles. The Kier molecular flexibility index (Phi) is 2.76. The Labute approximate surface area is 73.8 Å². The molecule has 0 aliphatic rings. The number of rotatable bonds is 2. The molecule has 0 unspecified atom stereocenters. The number of halogens is 1. The summed E-state index contributed by atoms with van der Waals surface area (Å²) in [5.41, 5.74) is 1.68. The van der Waals surface area contributed by atoms with E-state index < -0.39 is 0 Å². The molecule has 0 aliphatic carbocycles. The Morgan fingerprint density at radius 3 is 2.91 bits per heavy atom. The number of pyridine rings is 1. The summed E-state index contributed by atoms with van der Waals surface area (Å²) >= 11 is 3.10. The SMILES string of the molecule is Cc1cncc(C(=O)CBr)c1. The minimum atomic E-state index is 0.0706. The predicted octanol–water partition coefficient (Wildman–Crippen LogP) is 1.97. The van der Waals surface area contributed by atoms with E-state index in [1.54, 1.807) is 12.4 Å². The third-order valence-electron chi connectivity index (χ3n) is 1.32. The molecule has 1 rings (SSSR count). The lowest BCUT2D eigenvalue weighted by atomic mass is 10.2. The molecule has 0 aromatic carbocycles. The fourth-order valence-electron chi connectivity index (χ4n) is 0.785. The standard InChI is InChI=1S/C8H8BrNO/c1-6-2-7(5-10-4-6)8(11)3-9/h2,4-5H,3H2,1H3. The first-order chi connectivity index (χ1) is 5.24. The molecule has 0 saturated heterocycles. The molecule has 0 atom stereocenters. The van der Waals surface area contributed by atoms with Gasteiger partial charge < -0.3 is 0 Å². The molecule has 0 spiro atoms. The second-order valence-electron chi connectivity index (χ2n) is 2.31. The molecule has 1 aromatic rings. The highest BCUT2D eigenvalue weighted by molar-refractivity contribution is 9.09. The van der Waals surface area contributed by atoms with E-state index in [-0.39, 0.29) is 5.78 Å². The highest BCUT2D eigenvalue weighted by atomic mass is 79.9. The van der Waals surface area contributed by atoms with Crippen molar-refractivity contribution in [3.05, 3.63) is 29.6 Å². The van der Waals surface area contributed by atoms with E-state index in [9.17, 15) is 4.79 Å². The maximum absolute atomic E-state index is 11.1. The highest BCUT2D eigenvalue weighted by Crippen LogP contribution is 2.03. The summed E-state index contributed by atoms with van der Waals surface area (Å²) in [7, 11) is 0. The lowest BCUT2D eigenvalue weighted by Crippen LogP contribution is -2.00. The average Bonchev–Trinajstić information content (AvgIpc) is 2.03. The number of Topliss-reactive ketones (excluding diaryl/α,β-unsaturated/α-hetero) is 1. The monoisotopic (exact) mass is 213 g/mol. The van der Waals surface area contributed by atoms with Gasteiger partial charge in [-0.05, 0) is 18.6 Å². The van der Waals surface area contributed by atoms with Crippen LogP contribution < -0.4 is 0 Å². The van der Waals surface area contributed by atoms with Gasteiger partial charge in [0.2, 0.25) is 0 Å². The van der Waals surface area contributed by atoms with Crippen LogP contribution in [0.2, 0.25) is 0 Å². The first-order valence-corrected chi connectivity index (χ1v) is 4.37. The Morgan fingerprint density at radius 2 is 2.36 bits per heavy atom. The number of hydrogen-bond acceptors (Lipinski definition) is 2. The molecule has 0 N–H and O–H groups in total. The molecule has 3 heteroatoms. The first kappa shape index (κ1) is 8.40. The van der Waals surface area contributed by atoms with Crippen LogP contribution in [-0.4, -0.2) is 16.1 Å². The molecule has 2 nitrogen and oxygen atoms in total. The molecule has 0 saturated carbocycles. The Morgan fingerprint density at radius 1 is 1.64 bits per heavy atom. The number of aryl methyl sites for hydroxylation is 1. The van der Waals surface area contributed by atoms with Crippen LogP contribution in [0.3, 0.4) is 0 Å². The van der Waals surface area contributed by atoms with Crippen molar-refractivity contribution < 1.29 is 4.79 Å². The van der Waals surface area contributed by atoms with Gasteiger partial charge in [0, 0.05) is 18.0 Å². The summed E-state index contributed by atoms with van der Waals surface area (Å²) in [6.45, 7) is 1.91. The summed E-state index contributed by atoms with van der Waals surface area (Å²) in [5.74, 6) is 0.0706. The maximum Gasteiger partial charge on any atom is 0.174 e. The third kappa shape index (κ3) is 2.12. The molecule has 1 heterocycles. The molecule has 0 fully saturated rings. The van der Waals surface area contributed by atoms with E-state index in [0.717, 1.165) is 5.56 Å². The van der Waals surface area contributed by atoms with Gasteiger partial charge >= 0.3 is 0 Å². The van der Waals surface area contributed by atoms with Gasteiger partial charge in [0.15, 0.2) is 5.78 Å². The summed E-state index contributed by atoms with van der Waals surface area (Å²) in [4.78, 5) is 15.0. The molecule has 0 amide bonds. The smallest absolute Gasteiger partial charge is 0.174 e. The zero-order valence-electron chi connectivity index (χ0n) is 6.17. The van der Waals surface area contributed by atoms with Crippen LogP contribution in [0.4, 0.5) is 0 Å². The Balaban J connectivity index is 2.96. The predicted molar refractivity (Wildman–Crippen MR) is 47.1 cm³/mol. The second kappa shape index (κ2) is 3.62. The van der Waals surface area contributed by atoms with Gasteiger partial charge in [-0.1, -0.05) is 15.9 Å². The fraction of sp³-hybridized carbons (Fsp3) is 0.250. The van der Waals surface area contributed by atoms with E-state index in [2.05, 4.69) is 20.9 Å². The van der Waals surface area contributed by atoms with E-state index in [1.807, 2.05) is 13.0 Å². The molecular weight excluding hydrogens is 206 g/mol. The second-order valence-corrected chi connectivity index (χ2v) is 2.87. The van der Waals surface area contributed by atoms with Crippen molar-refractivity contribution in [1.82, 2.24) is 4.98 Å². The minimum absolute atomic E-state index is 0.0706. The lowest BCUT2D eigenvalue weighted by Gasteiger charge is -1.96. The summed E-state index contributed by atoms with van der Waals surface area (Å²) in [6.07, 6.45) is 3.31. The molecule has 58 valence electrons. The van der Waals surface area contributed by atoms with E-state index in [0.29, 0.717) is 10.9 Å².